The Hall–Kier alpha value is -1.35. The van der Waals surface area contributed by atoms with E-state index in [1.165, 1.54) is 13.0 Å². The highest BCUT2D eigenvalue weighted by Crippen LogP contribution is 2.17. The number of nitrogens with zero attached hydrogens (tertiary/aromatic N) is 1. The fourth-order valence-electron chi connectivity index (χ4n) is 0.870. The smallest absolute Gasteiger partial charge is 0.243 e. The SMILES string of the molecule is C/C(=C/c1ccccc1Cl)[N+](=O)[O-]. The molecule has 0 saturated carbocycles. The zero-order valence-corrected chi connectivity index (χ0v) is 7.78. The fourth-order valence-corrected chi connectivity index (χ4v) is 1.06. The van der Waals surface area contributed by atoms with Crippen molar-refractivity contribution >= 4 is 17.7 Å². The first-order valence-electron chi connectivity index (χ1n) is 3.68. The van der Waals surface area contributed by atoms with Crippen LogP contribution in [0.5, 0.6) is 0 Å². The third-order valence-electron chi connectivity index (χ3n) is 1.56. The number of nitro groups is 1. The Morgan fingerprint density at radius 2 is 2.15 bits per heavy atom. The molecule has 68 valence electrons. The Morgan fingerprint density at radius 3 is 2.69 bits per heavy atom. The first-order chi connectivity index (χ1) is 6.11. The predicted octanol–water partition coefficient (Wildman–Crippen LogP) is 2.98. The molecular weight excluding hydrogens is 190 g/mol. The first kappa shape index (κ1) is 9.74. The maximum absolute atomic E-state index is 10.3. The standard InChI is InChI=1S/C9H8ClNO2/c1-7(11(12)13)6-8-4-2-3-5-9(8)10/h2-6H,1H3/b7-6-. The largest absolute Gasteiger partial charge is 0.259 e. The Balaban J connectivity index is 3.04. The molecule has 0 heterocycles. The van der Waals surface area contributed by atoms with Gasteiger partial charge in [-0.3, -0.25) is 10.1 Å². The van der Waals surface area contributed by atoms with Crippen molar-refractivity contribution in [1.29, 1.82) is 0 Å². The van der Waals surface area contributed by atoms with Gasteiger partial charge in [0.1, 0.15) is 0 Å². The molecular formula is C9H8ClNO2. The average Bonchev–Trinajstić information content (AvgIpc) is 2.08. The highest BCUT2D eigenvalue weighted by atomic mass is 35.5. The quantitative estimate of drug-likeness (QED) is 0.540. The summed E-state index contributed by atoms with van der Waals surface area (Å²) in [5.74, 6) is 0. The topological polar surface area (TPSA) is 43.1 Å². The molecule has 0 atom stereocenters. The van der Waals surface area contributed by atoms with E-state index in [2.05, 4.69) is 0 Å². The summed E-state index contributed by atoms with van der Waals surface area (Å²) in [6.45, 7) is 1.43. The van der Waals surface area contributed by atoms with E-state index in [9.17, 15) is 10.1 Å². The molecule has 0 amide bonds. The molecule has 0 saturated heterocycles. The van der Waals surface area contributed by atoms with Gasteiger partial charge in [0.25, 0.3) is 0 Å². The van der Waals surface area contributed by atoms with Gasteiger partial charge < -0.3 is 0 Å². The molecule has 0 aromatic heterocycles. The zero-order valence-electron chi connectivity index (χ0n) is 7.03. The molecule has 0 fully saturated rings. The molecule has 0 radical (unpaired) electrons. The van der Waals surface area contributed by atoms with Crippen LogP contribution in [-0.4, -0.2) is 4.92 Å². The lowest BCUT2D eigenvalue weighted by Crippen LogP contribution is -1.92. The van der Waals surface area contributed by atoms with Crippen LogP contribution in [0.25, 0.3) is 6.08 Å². The molecule has 0 unspecified atom stereocenters. The van der Waals surface area contributed by atoms with Crippen molar-refractivity contribution < 1.29 is 4.92 Å². The van der Waals surface area contributed by atoms with Crippen molar-refractivity contribution in [2.45, 2.75) is 6.92 Å². The van der Waals surface area contributed by atoms with Crippen LogP contribution in [0.2, 0.25) is 5.02 Å². The van der Waals surface area contributed by atoms with Crippen LogP contribution in [-0.2, 0) is 0 Å². The van der Waals surface area contributed by atoms with Crippen molar-refractivity contribution in [2.75, 3.05) is 0 Å². The van der Waals surface area contributed by atoms with E-state index in [4.69, 9.17) is 11.6 Å². The van der Waals surface area contributed by atoms with E-state index in [-0.39, 0.29) is 5.70 Å². The molecule has 1 rings (SSSR count). The Kier molecular flexibility index (Phi) is 3.03. The lowest BCUT2D eigenvalue weighted by Gasteiger charge is -1.95. The van der Waals surface area contributed by atoms with Gasteiger partial charge in [-0.1, -0.05) is 29.8 Å². The minimum atomic E-state index is -0.441. The molecule has 0 bridgehead atoms. The second-order valence-electron chi connectivity index (χ2n) is 2.56. The van der Waals surface area contributed by atoms with E-state index >= 15 is 0 Å². The summed E-state index contributed by atoms with van der Waals surface area (Å²) in [6.07, 6.45) is 1.45. The fraction of sp³-hybridized carbons (Fsp3) is 0.111. The molecule has 0 aliphatic rings. The molecule has 1 aromatic carbocycles. The molecule has 0 aliphatic heterocycles. The number of hydrogen-bond donors (Lipinski definition) is 0. The van der Waals surface area contributed by atoms with E-state index in [1.807, 2.05) is 0 Å². The second kappa shape index (κ2) is 4.05. The van der Waals surface area contributed by atoms with Crippen molar-refractivity contribution in [3.8, 4) is 0 Å². The van der Waals surface area contributed by atoms with Gasteiger partial charge >= 0.3 is 0 Å². The molecule has 0 N–H and O–H groups in total. The van der Waals surface area contributed by atoms with Gasteiger partial charge in [-0.2, -0.15) is 0 Å². The summed E-state index contributed by atoms with van der Waals surface area (Å²) in [5, 5.41) is 10.8. The number of hydrogen-bond acceptors (Lipinski definition) is 2. The van der Waals surface area contributed by atoms with E-state index in [0.717, 1.165) is 0 Å². The van der Waals surface area contributed by atoms with Crippen LogP contribution >= 0.6 is 11.6 Å². The monoisotopic (exact) mass is 197 g/mol. The Labute approximate surface area is 80.8 Å². The van der Waals surface area contributed by atoms with Crippen LogP contribution < -0.4 is 0 Å². The van der Waals surface area contributed by atoms with E-state index in [0.29, 0.717) is 10.6 Å². The van der Waals surface area contributed by atoms with Crippen LogP contribution in [0.15, 0.2) is 30.0 Å². The lowest BCUT2D eigenvalue weighted by molar-refractivity contribution is -0.422. The van der Waals surface area contributed by atoms with Gasteiger partial charge in [-0.15, -0.1) is 0 Å². The van der Waals surface area contributed by atoms with Crippen molar-refractivity contribution in [2.24, 2.45) is 0 Å². The number of rotatable bonds is 2. The Bertz CT molecular complexity index is 360. The molecule has 0 aliphatic carbocycles. The van der Waals surface area contributed by atoms with Gasteiger partial charge in [0.2, 0.25) is 5.70 Å². The van der Waals surface area contributed by atoms with Gasteiger partial charge in [-0.05, 0) is 11.6 Å². The molecule has 1 aromatic rings. The number of halogens is 1. The van der Waals surface area contributed by atoms with Crippen LogP contribution in [0.4, 0.5) is 0 Å². The zero-order chi connectivity index (χ0) is 9.84. The summed E-state index contributed by atoms with van der Waals surface area (Å²) in [7, 11) is 0. The predicted molar refractivity (Wildman–Crippen MR) is 52.1 cm³/mol. The maximum atomic E-state index is 10.3. The average molecular weight is 198 g/mol. The molecule has 0 spiro atoms. The first-order valence-corrected chi connectivity index (χ1v) is 4.06. The molecule has 4 heteroatoms. The Morgan fingerprint density at radius 1 is 1.54 bits per heavy atom. The summed E-state index contributed by atoms with van der Waals surface area (Å²) in [5.41, 5.74) is 0.742. The maximum Gasteiger partial charge on any atom is 0.243 e. The second-order valence-corrected chi connectivity index (χ2v) is 2.97. The minimum Gasteiger partial charge on any atom is -0.259 e. The van der Waals surface area contributed by atoms with Crippen molar-refractivity contribution in [3.05, 3.63) is 50.7 Å². The van der Waals surface area contributed by atoms with E-state index in [1.54, 1.807) is 24.3 Å². The summed E-state index contributed by atoms with van der Waals surface area (Å²) in [4.78, 5) is 9.87. The van der Waals surface area contributed by atoms with E-state index < -0.39 is 4.92 Å². The normalized spacial score (nSPS) is 11.4. The van der Waals surface area contributed by atoms with Gasteiger partial charge in [0.15, 0.2) is 0 Å². The van der Waals surface area contributed by atoms with Gasteiger partial charge in [0, 0.05) is 18.0 Å². The van der Waals surface area contributed by atoms with Crippen molar-refractivity contribution in [3.63, 3.8) is 0 Å². The molecule has 3 nitrogen and oxygen atoms in total. The van der Waals surface area contributed by atoms with Crippen LogP contribution in [0, 0.1) is 10.1 Å². The summed E-state index contributed by atoms with van der Waals surface area (Å²) < 4.78 is 0. The van der Waals surface area contributed by atoms with Crippen molar-refractivity contribution in [1.82, 2.24) is 0 Å². The number of benzene rings is 1. The third-order valence-corrected chi connectivity index (χ3v) is 1.90. The number of allylic oxidation sites excluding steroid dienone is 1. The third kappa shape index (κ3) is 2.56. The molecule has 13 heavy (non-hydrogen) atoms. The minimum absolute atomic E-state index is 0.0769. The summed E-state index contributed by atoms with van der Waals surface area (Å²) in [6, 6.07) is 6.99. The van der Waals surface area contributed by atoms with Gasteiger partial charge in [0.05, 0.1) is 4.92 Å². The highest BCUT2D eigenvalue weighted by Gasteiger charge is 2.03. The summed E-state index contributed by atoms with van der Waals surface area (Å²) >= 11 is 5.81. The van der Waals surface area contributed by atoms with Crippen LogP contribution in [0.1, 0.15) is 12.5 Å². The van der Waals surface area contributed by atoms with Crippen LogP contribution in [0.3, 0.4) is 0 Å². The highest BCUT2D eigenvalue weighted by molar-refractivity contribution is 6.32. The van der Waals surface area contributed by atoms with Gasteiger partial charge in [-0.25, -0.2) is 0 Å². The lowest BCUT2D eigenvalue weighted by atomic mass is 10.2.